The molecule has 1 aliphatic rings. The number of carbonyl (C=O) groups excluding carboxylic acids is 8. The number of ketones is 1. The topological polar surface area (TPSA) is 278 Å². The first-order chi connectivity index (χ1) is 27.0. The number of rotatable bonds is 19. The van der Waals surface area contributed by atoms with Gasteiger partial charge in [0.05, 0.1) is 37.3 Å². The third-order valence-corrected chi connectivity index (χ3v) is 8.63. The second-order valence-corrected chi connectivity index (χ2v) is 13.5. The highest BCUT2D eigenvalue weighted by Gasteiger charge is 2.42. The van der Waals surface area contributed by atoms with Crippen molar-refractivity contribution in [2.24, 2.45) is 5.92 Å². The Labute approximate surface area is 328 Å². The minimum Gasteiger partial charge on any atom is -0.465 e. The molecule has 0 unspecified atom stereocenters. The molecule has 8 amide bonds. The number of nitrogens with one attached hydrogen (secondary N) is 6. The van der Waals surface area contributed by atoms with Crippen LogP contribution in [0.15, 0.2) is 61.1 Å². The van der Waals surface area contributed by atoms with Crippen molar-refractivity contribution in [3.63, 3.8) is 0 Å². The van der Waals surface area contributed by atoms with Gasteiger partial charge in [0, 0.05) is 39.6 Å². The molecule has 1 fully saturated rings. The second kappa shape index (κ2) is 21.4. The van der Waals surface area contributed by atoms with E-state index in [4.69, 9.17) is 0 Å². The molecule has 20 heteroatoms. The van der Waals surface area contributed by atoms with E-state index in [1.165, 1.54) is 37.6 Å². The summed E-state index contributed by atoms with van der Waals surface area (Å²) in [5.74, 6) is -7.70. The quantitative estimate of drug-likeness (QED) is 0.0644. The van der Waals surface area contributed by atoms with Crippen LogP contribution in [0.3, 0.4) is 0 Å². The Bertz CT molecular complexity index is 1830. The lowest BCUT2D eigenvalue weighted by Gasteiger charge is -2.25. The largest absolute Gasteiger partial charge is 0.465 e. The van der Waals surface area contributed by atoms with Gasteiger partial charge in [-0.1, -0.05) is 49.2 Å². The van der Waals surface area contributed by atoms with Crippen molar-refractivity contribution in [3.8, 4) is 0 Å². The fraction of sp³-hybridized carbons (Fsp3) is 0.432. The van der Waals surface area contributed by atoms with E-state index in [1.54, 1.807) is 44.2 Å². The van der Waals surface area contributed by atoms with E-state index in [9.17, 15) is 48.3 Å². The van der Waals surface area contributed by atoms with Crippen molar-refractivity contribution >= 4 is 53.2 Å². The van der Waals surface area contributed by atoms with E-state index in [2.05, 4.69) is 48.4 Å². The number of likely N-dealkylation sites (N-methyl/N-ethyl adjacent to an activating group) is 1. The Kier molecular flexibility index (Phi) is 16.8. The molecular formula is C37H48N10O10. The maximum absolute atomic E-state index is 13.7. The zero-order valence-corrected chi connectivity index (χ0v) is 32.1. The third-order valence-electron chi connectivity index (χ3n) is 8.63. The molecule has 2 heterocycles. The van der Waals surface area contributed by atoms with Gasteiger partial charge in [0.15, 0.2) is 0 Å². The second-order valence-electron chi connectivity index (χ2n) is 13.5. The lowest BCUT2D eigenvalue weighted by atomic mass is 9.99. The van der Waals surface area contributed by atoms with Gasteiger partial charge in [0.1, 0.15) is 17.8 Å². The zero-order chi connectivity index (χ0) is 42.2. The van der Waals surface area contributed by atoms with Crippen molar-refractivity contribution < 1.29 is 48.3 Å². The molecule has 20 nitrogen and oxygen atoms in total. The number of amides is 8. The van der Waals surface area contributed by atoms with Gasteiger partial charge in [-0.3, -0.25) is 43.3 Å². The Morgan fingerprint density at radius 1 is 0.912 bits per heavy atom. The molecule has 0 spiro atoms. The van der Waals surface area contributed by atoms with Crippen molar-refractivity contribution in [1.29, 1.82) is 0 Å². The molecule has 0 bridgehead atoms. The van der Waals surface area contributed by atoms with Crippen molar-refractivity contribution in [1.82, 2.24) is 51.7 Å². The van der Waals surface area contributed by atoms with E-state index < -0.39 is 96.4 Å². The number of nitrogens with zero attached hydrogens (tertiary/aromatic N) is 4. The Balaban J connectivity index is 1.66. The number of carbonyl (C=O) groups is 9. The molecule has 57 heavy (non-hydrogen) atoms. The summed E-state index contributed by atoms with van der Waals surface area (Å²) in [6.07, 6.45) is 2.79. The number of hydrogen-bond acceptors (Lipinski definition) is 11. The summed E-state index contributed by atoms with van der Waals surface area (Å²) in [6, 6.07) is 3.63. The van der Waals surface area contributed by atoms with Crippen molar-refractivity contribution in [2.75, 3.05) is 40.3 Å². The molecule has 3 rings (SSSR count). The lowest BCUT2D eigenvalue weighted by molar-refractivity contribution is -0.141. The number of hydrogen-bond donors (Lipinski definition) is 7. The molecule has 1 aliphatic heterocycles. The SMILES string of the molecule is C=C(C)C[C@H](NC(=O)CNC(=O)c1cnccn1)C(=O)N[C@H]1CN(C(=O)O)C[C@H]1C(=O)N[C@@H](CCC)C(=O)C(=O)NCC(=O)N[C@H](C(=O)N(C)C)c1ccccc1. The van der Waals surface area contributed by atoms with Gasteiger partial charge in [-0.15, -0.1) is 6.58 Å². The predicted octanol–water partition coefficient (Wildman–Crippen LogP) is -1.33. The molecule has 0 radical (unpaired) electrons. The average molecular weight is 793 g/mol. The van der Waals surface area contributed by atoms with Gasteiger partial charge in [-0.25, -0.2) is 9.78 Å². The van der Waals surface area contributed by atoms with Gasteiger partial charge in [-0.2, -0.15) is 0 Å². The van der Waals surface area contributed by atoms with Gasteiger partial charge in [0.2, 0.25) is 35.3 Å². The monoisotopic (exact) mass is 792 g/mol. The van der Waals surface area contributed by atoms with Gasteiger partial charge < -0.3 is 46.8 Å². The van der Waals surface area contributed by atoms with Crippen LogP contribution in [0.2, 0.25) is 0 Å². The first-order valence-electron chi connectivity index (χ1n) is 18.0. The highest BCUT2D eigenvalue weighted by molar-refractivity contribution is 6.38. The highest BCUT2D eigenvalue weighted by Crippen LogP contribution is 2.20. The standard InChI is InChI=1S/C37H48N10O10/c1-6-10-24(31(50)35(54)41-18-29(49)45-30(36(55)46(4)5)22-11-8-7-9-12-22)43-32(51)23-19-47(37(56)57)20-27(23)44-34(53)25(15-21(2)3)42-28(48)17-40-33(52)26-16-38-13-14-39-26/h7-9,11-14,16,23-25,27,30H,2,6,10,15,17-20H2,1,3-5H3,(H,40,52)(H,41,54)(H,42,48)(H,43,51)(H,44,53)(H,45,49)(H,56,57)/t23-,24+,25+,27+,30+/m1/s1. The summed E-state index contributed by atoms with van der Waals surface area (Å²) < 4.78 is 0. The van der Waals surface area contributed by atoms with E-state index in [0.717, 1.165) is 4.90 Å². The van der Waals surface area contributed by atoms with E-state index in [0.29, 0.717) is 17.6 Å². The smallest absolute Gasteiger partial charge is 0.407 e. The third kappa shape index (κ3) is 13.5. The summed E-state index contributed by atoms with van der Waals surface area (Å²) in [7, 11) is 3.04. The number of likely N-dealkylation sites (tertiary alicyclic amines) is 1. The lowest BCUT2D eigenvalue weighted by Crippen LogP contribution is -2.56. The molecule has 306 valence electrons. The van der Waals surface area contributed by atoms with Crippen molar-refractivity contribution in [3.05, 3.63) is 72.3 Å². The number of benzene rings is 1. The first kappa shape index (κ1) is 44.7. The van der Waals surface area contributed by atoms with Crippen LogP contribution >= 0.6 is 0 Å². The molecule has 0 saturated carbocycles. The van der Waals surface area contributed by atoms with Crippen LogP contribution in [0, 0.1) is 5.92 Å². The maximum atomic E-state index is 13.7. The predicted molar refractivity (Wildman–Crippen MR) is 202 cm³/mol. The fourth-order valence-electron chi connectivity index (χ4n) is 5.77. The van der Waals surface area contributed by atoms with Gasteiger partial charge in [0.25, 0.3) is 11.8 Å². The Hall–Kier alpha value is -6.73. The van der Waals surface area contributed by atoms with Gasteiger partial charge >= 0.3 is 6.09 Å². The summed E-state index contributed by atoms with van der Waals surface area (Å²) in [4.78, 5) is 126. The number of Topliss-reactive ketones (excluding diaryl/α,β-unsaturated/α-hetero) is 1. The molecular weight excluding hydrogens is 744 g/mol. The van der Waals surface area contributed by atoms with Crippen LogP contribution in [-0.4, -0.2) is 137 Å². The van der Waals surface area contributed by atoms with Crippen LogP contribution in [0.4, 0.5) is 4.79 Å². The van der Waals surface area contributed by atoms with Crippen LogP contribution in [0.5, 0.6) is 0 Å². The summed E-state index contributed by atoms with van der Waals surface area (Å²) in [5, 5.41) is 24.5. The minimum atomic E-state index is -1.38. The van der Waals surface area contributed by atoms with Gasteiger partial charge in [-0.05, 0) is 25.3 Å². The molecule has 1 aromatic heterocycles. The van der Waals surface area contributed by atoms with Crippen LogP contribution < -0.4 is 31.9 Å². The molecule has 1 saturated heterocycles. The minimum absolute atomic E-state index is 0.00407. The average Bonchev–Trinajstić information content (AvgIpc) is 3.61. The maximum Gasteiger partial charge on any atom is 0.407 e. The van der Waals surface area contributed by atoms with Crippen LogP contribution in [0.1, 0.15) is 55.2 Å². The number of carboxylic acid groups (broad SMARTS) is 1. The highest BCUT2D eigenvalue weighted by atomic mass is 16.4. The Morgan fingerprint density at radius 2 is 1.58 bits per heavy atom. The van der Waals surface area contributed by atoms with Crippen LogP contribution in [0.25, 0.3) is 0 Å². The van der Waals surface area contributed by atoms with E-state index in [1.807, 2.05) is 0 Å². The summed E-state index contributed by atoms with van der Waals surface area (Å²) in [6.45, 7) is 5.22. The summed E-state index contributed by atoms with van der Waals surface area (Å²) in [5.41, 5.74) is 0.965. The number of aromatic nitrogens is 2. The van der Waals surface area contributed by atoms with E-state index >= 15 is 0 Å². The summed E-state index contributed by atoms with van der Waals surface area (Å²) >= 11 is 0. The van der Waals surface area contributed by atoms with Crippen LogP contribution in [-0.2, 0) is 33.6 Å². The zero-order valence-electron chi connectivity index (χ0n) is 32.1. The molecule has 1 aromatic carbocycles. The Morgan fingerprint density at radius 3 is 2.18 bits per heavy atom. The molecule has 5 atom stereocenters. The molecule has 2 aromatic rings. The first-order valence-corrected chi connectivity index (χ1v) is 18.0. The molecule has 0 aliphatic carbocycles. The van der Waals surface area contributed by atoms with E-state index in [-0.39, 0.29) is 31.6 Å². The fourth-order valence-corrected chi connectivity index (χ4v) is 5.77. The molecule has 7 N–H and O–H groups in total. The normalized spacial score (nSPS) is 16.1. The van der Waals surface area contributed by atoms with Crippen molar-refractivity contribution in [2.45, 2.75) is 57.3 Å².